The van der Waals surface area contributed by atoms with Gasteiger partial charge < -0.3 is 15.8 Å². The first-order valence-corrected chi connectivity index (χ1v) is 6.04. The summed E-state index contributed by atoms with van der Waals surface area (Å²) in [4.78, 5) is 8.45. The number of nitrogens with zero attached hydrogens (tertiary/aromatic N) is 2. The summed E-state index contributed by atoms with van der Waals surface area (Å²) < 4.78 is 5.02. The summed E-state index contributed by atoms with van der Waals surface area (Å²) in [5.41, 5.74) is 9.13. The van der Waals surface area contributed by atoms with Crippen molar-refractivity contribution >= 4 is 17.3 Å². The van der Waals surface area contributed by atoms with E-state index in [-0.39, 0.29) is 0 Å². The van der Waals surface area contributed by atoms with Crippen molar-refractivity contribution in [3.8, 4) is 0 Å². The Bertz CT molecular complexity index is 563. The summed E-state index contributed by atoms with van der Waals surface area (Å²) in [6, 6.07) is 7.94. The molecule has 0 fully saturated rings. The van der Waals surface area contributed by atoms with Crippen LogP contribution in [0.2, 0.25) is 0 Å². The third kappa shape index (κ3) is 3.66. The molecule has 2 rings (SSSR count). The number of aryl methyl sites for hydroxylation is 2. The van der Waals surface area contributed by atoms with Gasteiger partial charge in [0.1, 0.15) is 18.2 Å². The first-order chi connectivity index (χ1) is 9.06. The first kappa shape index (κ1) is 13.3. The van der Waals surface area contributed by atoms with Crippen LogP contribution in [0.15, 0.2) is 24.3 Å². The lowest BCUT2D eigenvalue weighted by Crippen LogP contribution is -2.04. The third-order valence-electron chi connectivity index (χ3n) is 2.56. The highest BCUT2D eigenvalue weighted by Crippen LogP contribution is 2.19. The predicted octanol–water partition coefficient (Wildman–Crippen LogP) is 2.57. The van der Waals surface area contributed by atoms with E-state index in [2.05, 4.69) is 47.3 Å². The molecular weight excluding hydrogens is 240 g/mol. The van der Waals surface area contributed by atoms with E-state index in [1.807, 2.05) is 0 Å². The van der Waals surface area contributed by atoms with Crippen LogP contribution in [-0.2, 0) is 11.3 Å². The standard InChI is InChI=1S/C14H18N4O/c1-9-4-10(2)6-11(5-9)16-13-7-12(15)17-14(18-13)8-19-3/h4-7H,8H2,1-3H3,(H3,15,16,17,18). The first-order valence-electron chi connectivity index (χ1n) is 6.04. The van der Waals surface area contributed by atoms with Crippen molar-refractivity contribution in [1.82, 2.24) is 9.97 Å². The Morgan fingerprint density at radius 2 is 1.79 bits per heavy atom. The topological polar surface area (TPSA) is 73.1 Å². The number of benzene rings is 1. The monoisotopic (exact) mass is 258 g/mol. The maximum atomic E-state index is 5.76. The minimum Gasteiger partial charge on any atom is -0.384 e. The van der Waals surface area contributed by atoms with Crippen LogP contribution in [0, 0.1) is 13.8 Å². The van der Waals surface area contributed by atoms with E-state index in [9.17, 15) is 0 Å². The van der Waals surface area contributed by atoms with Gasteiger partial charge in [-0.25, -0.2) is 9.97 Å². The van der Waals surface area contributed by atoms with Gasteiger partial charge in [-0.1, -0.05) is 6.07 Å². The van der Waals surface area contributed by atoms with Crippen molar-refractivity contribution in [2.45, 2.75) is 20.5 Å². The normalized spacial score (nSPS) is 10.5. The molecule has 5 nitrogen and oxygen atoms in total. The highest BCUT2D eigenvalue weighted by atomic mass is 16.5. The number of methoxy groups -OCH3 is 1. The van der Waals surface area contributed by atoms with Gasteiger partial charge >= 0.3 is 0 Å². The van der Waals surface area contributed by atoms with Crippen LogP contribution in [0.25, 0.3) is 0 Å². The quantitative estimate of drug-likeness (QED) is 0.881. The molecule has 0 unspecified atom stereocenters. The molecule has 5 heteroatoms. The number of ether oxygens (including phenoxy) is 1. The minimum absolute atomic E-state index is 0.340. The molecule has 0 aliphatic rings. The van der Waals surface area contributed by atoms with E-state index in [1.54, 1.807) is 13.2 Å². The second kappa shape index (κ2) is 5.67. The molecule has 0 spiro atoms. The van der Waals surface area contributed by atoms with Gasteiger partial charge in [0.25, 0.3) is 0 Å². The third-order valence-corrected chi connectivity index (χ3v) is 2.56. The number of nitrogen functional groups attached to an aromatic ring is 1. The van der Waals surface area contributed by atoms with Crippen molar-refractivity contribution in [1.29, 1.82) is 0 Å². The van der Waals surface area contributed by atoms with Crippen LogP contribution in [-0.4, -0.2) is 17.1 Å². The van der Waals surface area contributed by atoms with E-state index < -0.39 is 0 Å². The summed E-state index contributed by atoms with van der Waals surface area (Å²) in [6.45, 7) is 4.46. The Balaban J connectivity index is 2.27. The second-order valence-electron chi connectivity index (χ2n) is 4.53. The molecule has 1 aromatic carbocycles. The summed E-state index contributed by atoms with van der Waals surface area (Å²) >= 11 is 0. The highest BCUT2D eigenvalue weighted by Gasteiger charge is 2.04. The van der Waals surface area contributed by atoms with E-state index in [0.717, 1.165) is 5.69 Å². The lowest BCUT2D eigenvalue weighted by molar-refractivity contribution is 0.178. The van der Waals surface area contributed by atoms with E-state index in [0.29, 0.717) is 24.1 Å². The smallest absolute Gasteiger partial charge is 0.158 e. The summed E-state index contributed by atoms with van der Waals surface area (Å²) in [7, 11) is 1.60. The zero-order valence-corrected chi connectivity index (χ0v) is 11.4. The van der Waals surface area contributed by atoms with Crippen LogP contribution < -0.4 is 11.1 Å². The highest BCUT2D eigenvalue weighted by molar-refractivity contribution is 5.60. The van der Waals surface area contributed by atoms with E-state index in [4.69, 9.17) is 10.5 Å². The number of nitrogens with two attached hydrogens (primary N) is 1. The second-order valence-corrected chi connectivity index (χ2v) is 4.53. The molecule has 0 bridgehead atoms. The summed E-state index contributed by atoms with van der Waals surface area (Å²) in [6.07, 6.45) is 0. The lowest BCUT2D eigenvalue weighted by Gasteiger charge is -2.09. The fraction of sp³-hybridized carbons (Fsp3) is 0.286. The van der Waals surface area contributed by atoms with Gasteiger partial charge in [-0.2, -0.15) is 0 Å². The molecule has 0 amide bonds. The molecule has 0 atom stereocenters. The zero-order chi connectivity index (χ0) is 13.8. The predicted molar refractivity (Wildman–Crippen MR) is 76.4 cm³/mol. The Labute approximate surface area is 112 Å². The van der Waals surface area contributed by atoms with Gasteiger partial charge in [0.15, 0.2) is 5.82 Å². The molecule has 19 heavy (non-hydrogen) atoms. The van der Waals surface area contributed by atoms with Gasteiger partial charge in [0.2, 0.25) is 0 Å². The SMILES string of the molecule is COCc1nc(N)cc(Nc2cc(C)cc(C)c2)n1. The summed E-state index contributed by atoms with van der Waals surface area (Å²) in [5.74, 6) is 1.66. The summed E-state index contributed by atoms with van der Waals surface area (Å²) in [5, 5.41) is 3.24. The fourth-order valence-electron chi connectivity index (χ4n) is 1.97. The molecule has 0 aliphatic heterocycles. The number of rotatable bonds is 4. The largest absolute Gasteiger partial charge is 0.384 e. The van der Waals surface area contributed by atoms with Crippen LogP contribution >= 0.6 is 0 Å². The molecule has 3 N–H and O–H groups in total. The van der Waals surface area contributed by atoms with Crippen LogP contribution in [0.4, 0.5) is 17.3 Å². The maximum absolute atomic E-state index is 5.76. The number of nitrogens with one attached hydrogen (secondary N) is 1. The molecule has 0 saturated carbocycles. The molecule has 0 saturated heterocycles. The van der Waals surface area contributed by atoms with Crippen molar-refractivity contribution < 1.29 is 4.74 Å². The molecule has 1 aromatic heterocycles. The minimum atomic E-state index is 0.340. The number of anilines is 3. The molecule has 0 radical (unpaired) electrons. The van der Waals surface area contributed by atoms with Crippen LogP contribution in [0.1, 0.15) is 17.0 Å². The lowest BCUT2D eigenvalue weighted by atomic mass is 10.1. The molecule has 0 aliphatic carbocycles. The van der Waals surface area contributed by atoms with Gasteiger partial charge in [-0.15, -0.1) is 0 Å². The van der Waals surface area contributed by atoms with Gasteiger partial charge in [-0.3, -0.25) is 0 Å². The van der Waals surface area contributed by atoms with Crippen molar-refractivity contribution in [2.75, 3.05) is 18.2 Å². The zero-order valence-electron chi connectivity index (χ0n) is 11.4. The Kier molecular flexibility index (Phi) is 3.97. The Morgan fingerprint density at radius 3 is 2.42 bits per heavy atom. The van der Waals surface area contributed by atoms with Crippen LogP contribution in [0.5, 0.6) is 0 Å². The van der Waals surface area contributed by atoms with Gasteiger partial charge in [0.05, 0.1) is 0 Å². The van der Waals surface area contributed by atoms with Crippen molar-refractivity contribution in [3.63, 3.8) is 0 Å². The molecule has 1 heterocycles. The van der Waals surface area contributed by atoms with Crippen molar-refractivity contribution in [2.24, 2.45) is 0 Å². The number of hydrogen-bond donors (Lipinski definition) is 2. The number of hydrogen-bond acceptors (Lipinski definition) is 5. The Hall–Kier alpha value is -2.14. The number of aromatic nitrogens is 2. The van der Waals surface area contributed by atoms with Crippen LogP contribution in [0.3, 0.4) is 0 Å². The molecule has 2 aromatic rings. The maximum Gasteiger partial charge on any atom is 0.158 e. The molecule has 100 valence electrons. The van der Waals surface area contributed by atoms with E-state index in [1.165, 1.54) is 11.1 Å². The van der Waals surface area contributed by atoms with E-state index >= 15 is 0 Å². The van der Waals surface area contributed by atoms with Gasteiger partial charge in [0, 0.05) is 18.9 Å². The average Bonchev–Trinajstić information content (AvgIpc) is 2.26. The average molecular weight is 258 g/mol. The molecular formula is C14H18N4O. The van der Waals surface area contributed by atoms with Gasteiger partial charge in [-0.05, 0) is 37.1 Å². The fourth-order valence-corrected chi connectivity index (χ4v) is 1.97. The van der Waals surface area contributed by atoms with Crippen molar-refractivity contribution in [3.05, 3.63) is 41.2 Å². The Morgan fingerprint density at radius 1 is 1.11 bits per heavy atom.